The van der Waals surface area contributed by atoms with Gasteiger partial charge in [0.25, 0.3) is 0 Å². The van der Waals surface area contributed by atoms with Crippen molar-refractivity contribution in [3.05, 3.63) is 0 Å². The summed E-state index contributed by atoms with van der Waals surface area (Å²) in [4.78, 5) is 13.6. The summed E-state index contributed by atoms with van der Waals surface area (Å²) in [7, 11) is 1.74. The molecule has 1 aliphatic heterocycles. The van der Waals surface area contributed by atoms with Crippen molar-refractivity contribution in [2.75, 3.05) is 33.4 Å². The summed E-state index contributed by atoms with van der Waals surface area (Å²) in [6, 6.07) is 0.101. The van der Waals surface area contributed by atoms with Gasteiger partial charge in [0.15, 0.2) is 0 Å². The van der Waals surface area contributed by atoms with E-state index >= 15 is 0 Å². The number of amides is 2. The van der Waals surface area contributed by atoms with Crippen LogP contribution in [0.15, 0.2) is 0 Å². The summed E-state index contributed by atoms with van der Waals surface area (Å²) < 4.78 is 5.14. The van der Waals surface area contributed by atoms with Crippen LogP contribution in [0, 0.1) is 5.92 Å². The first-order chi connectivity index (χ1) is 7.77. The van der Waals surface area contributed by atoms with Crippen LogP contribution in [0.1, 0.15) is 32.6 Å². The summed E-state index contributed by atoms with van der Waals surface area (Å²) in [6.45, 7) is 5.49. The molecule has 0 aliphatic carbocycles. The molecule has 1 N–H and O–H groups in total. The molecule has 1 aliphatic rings. The Bertz CT molecular complexity index is 201. The van der Waals surface area contributed by atoms with Gasteiger partial charge in [-0.15, -0.1) is 0 Å². The minimum absolute atomic E-state index is 0.101. The monoisotopic (exact) mass is 228 g/mol. The van der Waals surface area contributed by atoms with E-state index in [-0.39, 0.29) is 6.03 Å². The van der Waals surface area contributed by atoms with Gasteiger partial charge in [0.2, 0.25) is 0 Å². The maximum absolute atomic E-state index is 11.7. The molecule has 1 fully saturated rings. The van der Waals surface area contributed by atoms with Gasteiger partial charge in [-0.05, 0) is 25.2 Å². The van der Waals surface area contributed by atoms with Gasteiger partial charge < -0.3 is 15.0 Å². The number of carbonyl (C=O) groups excluding carboxylic acids is 1. The van der Waals surface area contributed by atoms with E-state index in [1.165, 1.54) is 0 Å². The van der Waals surface area contributed by atoms with E-state index in [0.29, 0.717) is 5.92 Å². The Morgan fingerprint density at radius 3 is 2.69 bits per heavy atom. The number of carbonyl (C=O) groups is 1. The zero-order valence-electron chi connectivity index (χ0n) is 10.5. The number of nitrogens with one attached hydrogen (secondary N) is 1. The molecule has 0 atom stereocenters. The molecule has 0 saturated carbocycles. The van der Waals surface area contributed by atoms with Crippen LogP contribution < -0.4 is 5.32 Å². The van der Waals surface area contributed by atoms with Crippen LogP contribution in [0.5, 0.6) is 0 Å². The van der Waals surface area contributed by atoms with Crippen molar-refractivity contribution in [3.8, 4) is 0 Å². The Labute approximate surface area is 98.3 Å². The van der Waals surface area contributed by atoms with Crippen molar-refractivity contribution in [1.29, 1.82) is 0 Å². The van der Waals surface area contributed by atoms with E-state index in [1.807, 2.05) is 4.90 Å². The molecule has 0 spiro atoms. The number of unbranched alkanes of at least 4 members (excludes halogenated alkanes) is 1. The van der Waals surface area contributed by atoms with E-state index in [2.05, 4.69) is 12.2 Å². The highest BCUT2D eigenvalue weighted by Crippen LogP contribution is 2.17. The number of methoxy groups -OCH3 is 1. The van der Waals surface area contributed by atoms with Gasteiger partial charge in [0.1, 0.15) is 0 Å². The number of hydrogen-bond donors (Lipinski definition) is 1. The molecule has 0 aromatic rings. The first-order valence-electron chi connectivity index (χ1n) is 6.29. The van der Waals surface area contributed by atoms with Crippen LogP contribution in [-0.2, 0) is 4.74 Å². The van der Waals surface area contributed by atoms with Gasteiger partial charge in [-0.2, -0.15) is 0 Å². The molecule has 2 amide bonds. The Morgan fingerprint density at radius 2 is 2.12 bits per heavy atom. The molecule has 4 heteroatoms. The van der Waals surface area contributed by atoms with Crippen molar-refractivity contribution in [2.45, 2.75) is 32.6 Å². The third-order valence-electron chi connectivity index (χ3n) is 3.11. The van der Waals surface area contributed by atoms with E-state index in [1.54, 1.807) is 7.11 Å². The normalized spacial score (nSPS) is 17.5. The number of ether oxygens (including phenoxy) is 1. The van der Waals surface area contributed by atoms with Gasteiger partial charge in [-0.25, -0.2) is 4.79 Å². The fourth-order valence-electron chi connectivity index (χ4n) is 2.02. The standard InChI is InChI=1S/C12H24N2O2/c1-3-4-7-13-12(15)14-8-5-11(6-9-14)10-16-2/h11H,3-10H2,1-2H3,(H,13,15). The lowest BCUT2D eigenvalue weighted by Crippen LogP contribution is -2.45. The number of urea groups is 1. The average Bonchev–Trinajstić information content (AvgIpc) is 2.30. The number of likely N-dealkylation sites (tertiary alicyclic amines) is 1. The zero-order valence-corrected chi connectivity index (χ0v) is 10.5. The van der Waals surface area contributed by atoms with Crippen molar-refractivity contribution in [3.63, 3.8) is 0 Å². The molecule has 0 aromatic carbocycles. The Hall–Kier alpha value is -0.770. The number of piperidine rings is 1. The van der Waals surface area contributed by atoms with Crippen LogP contribution in [0.4, 0.5) is 4.79 Å². The quantitative estimate of drug-likeness (QED) is 0.730. The van der Waals surface area contributed by atoms with Crippen LogP contribution in [-0.4, -0.2) is 44.3 Å². The summed E-state index contributed by atoms with van der Waals surface area (Å²) in [5.74, 6) is 0.629. The molecular formula is C12H24N2O2. The largest absolute Gasteiger partial charge is 0.384 e. The lowest BCUT2D eigenvalue weighted by molar-refractivity contribution is 0.107. The number of rotatable bonds is 5. The molecule has 16 heavy (non-hydrogen) atoms. The SMILES string of the molecule is CCCCNC(=O)N1CCC(COC)CC1. The highest BCUT2D eigenvalue weighted by Gasteiger charge is 2.22. The second-order valence-corrected chi connectivity index (χ2v) is 4.47. The third-order valence-corrected chi connectivity index (χ3v) is 3.11. The number of nitrogens with zero attached hydrogens (tertiary/aromatic N) is 1. The average molecular weight is 228 g/mol. The van der Waals surface area contributed by atoms with Gasteiger partial charge in [-0.1, -0.05) is 13.3 Å². The van der Waals surface area contributed by atoms with E-state index in [4.69, 9.17) is 4.74 Å². The van der Waals surface area contributed by atoms with Crippen molar-refractivity contribution in [1.82, 2.24) is 10.2 Å². The predicted molar refractivity (Wildman–Crippen MR) is 64.5 cm³/mol. The molecule has 0 unspecified atom stereocenters. The molecule has 4 nitrogen and oxygen atoms in total. The maximum atomic E-state index is 11.7. The van der Waals surface area contributed by atoms with Crippen LogP contribution in [0.2, 0.25) is 0 Å². The highest BCUT2D eigenvalue weighted by atomic mass is 16.5. The van der Waals surface area contributed by atoms with E-state index < -0.39 is 0 Å². The first-order valence-corrected chi connectivity index (χ1v) is 6.29. The Kier molecular flexibility index (Phi) is 6.23. The van der Waals surface area contributed by atoms with Crippen LogP contribution >= 0.6 is 0 Å². The fraction of sp³-hybridized carbons (Fsp3) is 0.917. The zero-order chi connectivity index (χ0) is 11.8. The first kappa shape index (κ1) is 13.3. The molecular weight excluding hydrogens is 204 g/mol. The molecule has 0 bridgehead atoms. The second kappa shape index (κ2) is 7.49. The summed E-state index contributed by atoms with van der Waals surface area (Å²) in [5.41, 5.74) is 0. The van der Waals surface area contributed by atoms with Gasteiger partial charge in [0, 0.05) is 33.4 Å². The van der Waals surface area contributed by atoms with E-state index in [0.717, 1.165) is 51.9 Å². The third kappa shape index (κ3) is 4.39. The molecule has 94 valence electrons. The Balaban J connectivity index is 2.17. The van der Waals surface area contributed by atoms with Crippen molar-refractivity contribution < 1.29 is 9.53 Å². The molecule has 1 heterocycles. The highest BCUT2D eigenvalue weighted by molar-refractivity contribution is 5.74. The predicted octanol–water partition coefficient (Wildman–Crippen LogP) is 1.85. The second-order valence-electron chi connectivity index (χ2n) is 4.47. The summed E-state index contributed by atoms with van der Waals surface area (Å²) in [6.07, 6.45) is 4.31. The molecule has 0 radical (unpaired) electrons. The molecule has 1 rings (SSSR count). The van der Waals surface area contributed by atoms with Gasteiger partial charge in [-0.3, -0.25) is 0 Å². The smallest absolute Gasteiger partial charge is 0.317 e. The lowest BCUT2D eigenvalue weighted by Gasteiger charge is -2.31. The van der Waals surface area contributed by atoms with Crippen LogP contribution in [0.25, 0.3) is 0 Å². The van der Waals surface area contributed by atoms with Crippen molar-refractivity contribution in [2.24, 2.45) is 5.92 Å². The summed E-state index contributed by atoms with van der Waals surface area (Å²) >= 11 is 0. The van der Waals surface area contributed by atoms with Gasteiger partial charge >= 0.3 is 6.03 Å². The Morgan fingerprint density at radius 1 is 1.44 bits per heavy atom. The number of hydrogen-bond acceptors (Lipinski definition) is 2. The summed E-state index contributed by atoms with van der Waals surface area (Å²) in [5, 5.41) is 2.96. The van der Waals surface area contributed by atoms with Crippen molar-refractivity contribution >= 4 is 6.03 Å². The fourth-order valence-corrected chi connectivity index (χ4v) is 2.02. The van der Waals surface area contributed by atoms with Crippen LogP contribution in [0.3, 0.4) is 0 Å². The maximum Gasteiger partial charge on any atom is 0.317 e. The molecule has 1 saturated heterocycles. The minimum atomic E-state index is 0.101. The lowest BCUT2D eigenvalue weighted by atomic mass is 9.98. The molecule has 0 aromatic heterocycles. The van der Waals surface area contributed by atoms with E-state index in [9.17, 15) is 4.79 Å². The minimum Gasteiger partial charge on any atom is -0.384 e. The van der Waals surface area contributed by atoms with Gasteiger partial charge in [0.05, 0.1) is 0 Å². The topological polar surface area (TPSA) is 41.6 Å².